The van der Waals surface area contributed by atoms with Crippen molar-refractivity contribution >= 4 is 15.7 Å². The molecule has 3 heterocycles. The topological polar surface area (TPSA) is 84.9 Å². The lowest BCUT2D eigenvalue weighted by atomic mass is 10.0. The number of sulfone groups is 1. The van der Waals surface area contributed by atoms with Crippen LogP contribution in [0.3, 0.4) is 0 Å². The minimum Gasteiger partial charge on any atom is -0.486 e. The van der Waals surface area contributed by atoms with Crippen molar-refractivity contribution in [2.24, 2.45) is 11.8 Å². The lowest BCUT2D eigenvalue weighted by Crippen LogP contribution is -2.32. The normalized spacial score (nSPS) is 25.0. The number of benzene rings is 1. The molecule has 2 fully saturated rings. The van der Waals surface area contributed by atoms with E-state index in [1.165, 1.54) is 12.1 Å². The van der Waals surface area contributed by atoms with Gasteiger partial charge >= 0.3 is 0 Å². The summed E-state index contributed by atoms with van der Waals surface area (Å²) < 4.78 is 36.0. The lowest BCUT2D eigenvalue weighted by molar-refractivity contribution is -0.130. The number of carbonyl (C=O) groups is 1. The number of nitrogens with zero attached hydrogens (tertiary/aromatic N) is 1. The van der Waals surface area contributed by atoms with Gasteiger partial charge in [0.15, 0.2) is 21.3 Å². The van der Waals surface area contributed by atoms with E-state index in [2.05, 4.69) is 5.32 Å². The van der Waals surface area contributed by atoms with Crippen molar-refractivity contribution in [1.29, 1.82) is 0 Å². The number of likely N-dealkylation sites (tertiary alicyclic amines) is 1. The number of ether oxygens (including phenoxy) is 2. The molecule has 1 aromatic carbocycles. The highest BCUT2D eigenvalue weighted by atomic mass is 32.2. The molecule has 1 amide bonds. The van der Waals surface area contributed by atoms with Gasteiger partial charge < -0.3 is 19.7 Å². The van der Waals surface area contributed by atoms with Gasteiger partial charge in [0.2, 0.25) is 5.91 Å². The molecule has 0 spiro atoms. The van der Waals surface area contributed by atoms with E-state index in [-0.39, 0.29) is 23.0 Å². The molecule has 0 aliphatic carbocycles. The maximum Gasteiger partial charge on any atom is 0.223 e. The number of carbonyl (C=O) groups excluding carboxylic acids is 1. The number of hydrogen-bond donors (Lipinski definition) is 1. The maximum absolute atomic E-state index is 12.6. The van der Waals surface area contributed by atoms with Gasteiger partial charge in [-0.2, -0.15) is 0 Å². The Morgan fingerprint density at radius 2 is 1.80 bits per heavy atom. The molecule has 1 aromatic rings. The van der Waals surface area contributed by atoms with E-state index in [1.807, 2.05) is 4.90 Å². The molecule has 8 heteroatoms. The number of hydrogen-bond acceptors (Lipinski definition) is 6. The van der Waals surface area contributed by atoms with Crippen LogP contribution < -0.4 is 14.8 Å². The van der Waals surface area contributed by atoms with Gasteiger partial charge in [-0.3, -0.25) is 4.79 Å². The molecule has 0 aromatic heterocycles. The van der Waals surface area contributed by atoms with Crippen molar-refractivity contribution in [2.75, 3.05) is 45.1 Å². The Labute approximate surface area is 147 Å². The van der Waals surface area contributed by atoms with Gasteiger partial charge in [-0.05, 0) is 24.0 Å². The molecule has 3 aliphatic heterocycles. The molecule has 7 nitrogen and oxygen atoms in total. The predicted octanol–water partition coefficient (Wildman–Crippen LogP) is 0.299. The van der Waals surface area contributed by atoms with Gasteiger partial charge in [0.25, 0.3) is 0 Å². The fourth-order valence-electron chi connectivity index (χ4n) is 3.77. The second-order valence-electron chi connectivity index (χ2n) is 6.85. The molecule has 1 N–H and O–H groups in total. The number of amides is 1. The summed E-state index contributed by atoms with van der Waals surface area (Å²) in [7, 11) is -3.53. The van der Waals surface area contributed by atoms with Crippen molar-refractivity contribution in [3.05, 3.63) is 18.2 Å². The van der Waals surface area contributed by atoms with Crippen LogP contribution in [-0.2, 0) is 14.6 Å². The van der Waals surface area contributed by atoms with Crippen LogP contribution in [0.15, 0.2) is 23.1 Å². The number of nitrogens with one attached hydrogen (secondary N) is 1. The average molecular weight is 366 g/mol. The summed E-state index contributed by atoms with van der Waals surface area (Å²) >= 11 is 0. The quantitative estimate of drug-likeness (QED) is 0.825. The summed E-state index contributed by atoms with van der Waals surface area (Å²) in [5.74, 6) is 1.76. The third-order valence-corrected chi connectivity index (χ3v) is 6.91. The molecular weight excluding hydrogens is 344 g/mol. The van der Waals surface area contributed by atoms with Gasteiger partial charge in [0.05, 0.1) is 10.6 Å². The summed E-state index contributed by atoms with van der Waals surface area (Å²) in [6.07, 6.45) is 0.0175. The van der Waals surface area contributed by atoms with Gasteiger partial charge in [-0.25, -0.2) is 8.42 Å². The first-order valence-electron chi connectivity index (χ1n) is 8.64. The number of fused-ring (bicyclic) bond motifs is 2. The van der Waals surface area contributed by atoms with E-state index in [0.717, 1.165) is 26.2 Å². The second kappa shape index (κ2) is 6.49. The lowest BCUT2D eigenvalue weighted by Gasteiger charge is -2.19. The molecule has 0 bridgehead atoms. The van der Waals surface area contributed by atoms with Crippen LogP contribution in [-0.4, -0.2) is 64.4 Å². The molecule has 136 valence electrons. The Kier molecular flexibility index (Phi) is 4.33. The smallest absolute Gasteiger partial charge is 0.223 e. The van der Waals surface area contributed by atoms with Crippen LogP contribution in [0, 0.1) is 11.8 Å². The third-order valence-electron chi connectivity index (χ3n) is 5.20. The Morgan fingerprint density at radius 3 is 2.52 bits per heavy atom. The van der Waals surface area contributed by atoms with Crippen LogP contribution in [0.4, 0.5) is 0 Å². The summed E-state index contributed by atoms with van der Waals surface area (Å²) in [6, 6.07) is 4.61. The van der Waals surface area contributed by atoms with Crippen molar-refractivity contribution in [1.82, 2.24) is 10.2 Å². The Bertz CT molecular complexity index is 767. The highest BCUT2D eigenvalue weighted by Crippen LogP contribution is 2.33. The molecular formula is C17H22N2O5S. The zero-order chi connectivity index (χ0) is 17.4. The fourth-order valence-corrected chi connectivity index (χ4v) is 5.01. The Balaban J connectivity index is 1.39. The zero-order valence-electron chi connectivity index (χ0n) is 13.9. The van der Waals surface area contributed by atoms with E-state index in [9.17, 15) is 13.2 Å². The average Bonchev–Trinajstić information content (AvgIpc) is 3.21. The van der Waals surface area contributed by atoms with E-state index in [4.69, 9.17) is 9.47 Å². The molecule has 25 heavy (non-hydrogen) atoms. The fraction of sp³-hybridized carbons (Fsp3) is 0.588. The first kappa shape index (κ1) is 16.7. The third kappa shape index (κ3) is 3.32. The standard InChI is InChI=1S/C17H22N2O5S/c20-17(19-10-12-8-18-9-13(12)11-19)3-6-25(21,22)14-1-2-15-16(7-14)24-5-4-23-15/h1-2,7,12-13,18H,3-6,8-11H2/t12-,13+. The van der Waals surface area contributed by atoms with Gasteiger partial charge in [0.1, 0.15) is 13.2 Å². The second-order valence-corrected chi connectivity index (χ2v) is 8.96. The van der Waals surface area contributed by atoms with Gasteiger partial charge in [0, 0.05) is 38.7 Å². The van der Waals surface area contributed by atoms with E-state index < -0.39 is 9.84 Å². The monoisotopic (exact) mass is 366 g/mol. The number of rotatable bonds is 4. The van der Waals surface area contributed by atoms with Crippen molar-refractivity contribution < 1.29 is 22.7 Å². The highest BCUT2D eigenvalue weighted by molar-refractivity contribution is 7.91. The maximum atomic E-state index is 12.6. The van der Waals surface area contributed by atoms with E-state index >= 15 is 0 Å². The van der Waals surface area contributed by atoms with E-state index in [0.29, 0.717) is 36.5 Å². The zero-order valence-corrected chi connectivity index (χ0v) is 14.8. The summed E-state index contributed by atoms with van der Waals surface area (Å²) in [5, 5.41) is 3.33. The molecule has 2 atom stereocenters. The van der Waals surface area contributed by atoms with Crippen molar-refractivity contribution in [3.63, 3.8) is 0 Å². The minimum atomic E-state index is -3.53. The first-order valence-corrected chi connectivity index (χ1v) is 10.3. The summed E-state index contributed by atoms with van der Waals surface area (Å²) in [5.41, 5.74) is 0. The van der Waals surface area contributed by atoms with Crippen LogP contribution in [0.25, 0.3) is 0 Å². The molecule has 0 saturated carbocycles. The molecule has 4 rings (SSSR count). The minimum absolute atomic E-state index is 0.0175. The highest BCUT2D eigenvalue weighted by Gasteiger charge is 2.38. The summed E-state index contributed by atoms with van der Waals surface area (Å²) in [4.78, 5) is 14.4. The molecule has 0 unspecified atom stereocenters. The Morgan fingerprint density at radius 1 is 1.12 bits per heavy atom. The van der Waals surface area contributed by atoms with Crippen LogP contribution >= 0.6 is 0 Å². The van der Waals surface area contributed by atoms with Crippen molar-refractivity contribution in [3.8, 4) is 11.5 Å². The molecule has 2 saturated heterocycles. The van der Waals surface area contributed by atoms with Gasteiger partial charge in [-0.15, -0.1) is 0 Å². The molecule has 0 radical (unpaired) electrons. The predicted molar refractivity (Wildman–Crippen MR) is 90.5 cm³/mol. The van der Waals surface area contributed by atoms with Gasteiger partial charge in [-0.1, -0.05) is 0 Å². The Hall–Kier alpha value is -1.80. The summed E-state index contributed by atoms with van der Waals surface area (Å²) in [6.45, 7) is 4.23. The van der Waals surface area contributed by atoms with Crippen molar-refractivity contribution in [2.45, 2.75) is 11.3 Å². The van der Waals surface area contributed by atoms with Crippen LogP contribution in [0.5, 0.6) is 11.5 Å². The first-order chi connectivity index (χ1) is 12.0. The largest absolute Gasteiger partial charge is 0.486 e. The molecule has 3 aliphatic rings. The van der Waals surface area contributed by atoms with E-state index in [1.54, 1.807) is 6.07 Å². The van der Waals surface area contributed by atoms with Crippen LogP contribution in [0.2, 0.25) is 0 Å². The van der Waals surface area contributed by atoms with Crippen LogP contribution in [0.1, 0.15) is 6.42 Å². The SMILES string of the molecule is O=C(CCS(=O)(=O)c1ccc2c(c1)OCCO2)N1C[C@H]2CNC[C@H]2C1.